The molecule has 0 amide bonds. The van der Waals surface area contributed by atoms with Gasteiger partial charge >= 0.3 is 5.97 Å². The standard InChI is InChI=1S/C29H47NO6S/c1-18(14-15-25(36-23(6)31)20(3)16-24-17-37-22(5)30-24)12-11-13-19(2)26(32)21(4)27(33)29(7,8)28(34-9)35-10/h14,16-17,19,21,25-26,28,32H,11-13,15H2,1-10H3. The first-order valence-corrected chi connectivity index (χ1v) is 13.8. The third-order valence-corrected chi connectivity index (χ3v) is 7.69. The molecule has 0 aliphatic heterocycles. The predicted octanol–water partition coefficient (Wildman–Crippen LogP) is 6.14. The van der Waals surface area contributed by atoms with Crippen molar-refractivity contribution >= 4 is 29.2 Å². The van der Waals surface area contributed by atoms with Gasteiger partial charge in [-0.15, -0.1) is 11.3 Å². The molecule has 0 radical (unpaired) electrons. The highest BCUT2D eigenvalue weighted by Crippen LogP contribution is 2.32. The van der Waals surface area contributed by atoms with Gasteiger partial charge in [0.1, 0.15) is 11.9 Å². The van der Waals surface area contributed by atoms with Gasteiger partial charge in [0.15, 0.2) is 6.29 Å². The summed E-state index contributed by atoms with van der Waals surface area (Å²) in [5.41, 5.74) is 2.16. The monoisotopic (exact) mass is 537 g/mol. The molecule has 1 aromatic heterocycles. The van der Waals surface area contributed by atoms with E-state index in [1.165, 1.54) is 26.7 Å². The third kappa shape index (κ3) is 10.4. The number of esters is 1. The van der Waals surface area contributed by atoms with Crippen LogP contribution in [0.1, 0.15) is 84.9 Å². The second kappa shape index (κ2) is 15.5. The second-order valence-corrected chi connectivity index (χ2v) is 11.7. The van der Waals surface area contributed by atoms with Gasteiger partial charge in [0.25, 0.3) is 0 Å². The Hall–Kier alpha value is -1.87. The smallest absolute Gasteiger partial charge is 0.303 e. The van der Waals surface area contributed by atoms with Crippen molar-refractivity contribution in [3.05, 3.63) is 33.3 Å². The number of carbonyl (C=O) groups is 2. The number of rotatable bonds is 16. The number of carbonyl (C=O) groups excluding carboxylic acids is 2. The molecule has 0 aliphatic rings. The molecular weight excluding hydrogens is 490 g/mol. The molecule has 0 spiro atoms. The lowest BCUT2D eigenvalue weighted by atomic mass is 9.76. The van der Waals surface area contributed by atoms with Crippen LogP contribution in [0.5, 0.6) is 0 Å². The maximum Gasteiger partial charge on any atom is 0.303 e. The highest BCUT2D eigenvalue weighted by Gasteiger charge is 2.42. The Kier molecular flexibility index (Phi) is 13.9. The van der Waals surface area contributed by atoms with Crippen LogP contribution in [0.15, 0.2) is 22.6 Å². The van der Waals surface area contributed by atoms with Gasteiger partial charge in [0, 0.05) is 38.9 Å². The molecule has 4 unspecified atom stereocenters. The van der Waals surface area contributed by atoms with Gasteiger partial charge in [0.2, 0.25) is 0 Å². The van der Waals surface area contributed by atoms with E-state index in [1.54, 1.807) is 32.1 Å². The van der Waals surface area contributed by atoms with Gasteiger partial charge < -0.3 is 19.3 Å². The summed E-state index contributed by atoms with van der Waals surface area (Å²) in [6.45, 7) is 14.7. The lowest BCUT2D eigenvalue weighted by Crippen LogP contribution is -2.46. The average Bonchev–Trinajstić information content (AvgIpc) is 3.24. The van der Waals surface area contributed by atoms with Gasteiger partial charge in [0.05, 0.1) is 22.2 Å². The van der Waals surface area contributed by atoms with E-state index in [0.717, 1.165) is 35.5 Å². The number of aliphatic hydroxyl groups is 1. The fourth-order valence-electron chi connectivity index (χ4n) is 4.62. The number of ketones is 1. The number of ether oxygens (including phenoxy) is 3. The number of aryl methyl sites for hydroxylation is 1. The summed E-state index contributed by atoms with van der Waals surface area (Å²) < 4.78 is 16.2. The first kappa shape index (κ1) is 33.2. The largest absolute Gasteiger partial charge is 0.458 e. The molecule has 37 heavy (non-hydrogen) atoms. The van der Waals surface area contributed by atoms with Crippen molar-refractivity contribution < 1.29 is 28.9 Å². The molecule has 0 saturated carbocycles. The van der Waals surface area contributed by atoms with Crippen molar-refractivity contribution in [1.29, 1.82) is 0 Å². The van der Waals surface area contributed by atoms with Crippen LogP contribution in [-0.2, 0) is 23.8 Å². The van der Waals surface area contributed by atoms with Crippen molar-refractivity contribution in [2.45, 2.75) is 99.6 Å². The summed E-state index contributed by atoms with van der Waals surface area (Å²) in [6.07, 6.45) is 5.45. The van der Waals surface area contributed by atoms with Crippen molar-refractivity contribution in [3.63, 3.8) is 0 Å². The van der Waals surface area contributed by atoms with Crippen LogP contribution in [0.4, 0.5) is 0 Å². The Morgan fingerprint density at radius 1 is 1.16 bits per heavy atom. The lowest BCUT2D eigenvalue weighted by Gasteiger charge is -2.35. The Morgan fingerprint density at radius 2 is 1.78 bits per heavy atom. The molecule has 0 aromatic carbocycles. The lowest BCUT2D eigenvalue weighted by molar-refractivity contribution is -0.182. The van der Waals surface area contributed by atoms with Crippen molar-refractivity contribution in [2.24, 2.45) is 17.3 Å². The maximum atomic E-state index is 13.1. The fourth-order valence-corrected chi connectivity index (χ4v) is 5.19. The predicted molar refractivity (Wildman–Crippen MR) is 149 cm³/mol. The number of methoxy groups -OCH3 is 2. The molecule has 210 valence electrons. The Morgan fingerprint density at radius 3 is 2.30 bits per heavy atom. The first-order valence-electron chi connectivity index (χ1n) is 13.0. The number of aliphatic hydroxyl groups excluding tert-OH is 1. The van der Waals surface area contributed by atoms with Gasteiger partial charge in [-0.3, -0.25) is 9.59 Å². The number of aromatic nitrogens is 1. The van der Waals surface area contributed by atoms with Crippen LogP contribution in [0.2, 0.25) is 0 Å². The van der Waals surface area contributed by atoms with Crippen LogP contribution >= 0.6 is 11.3 Å². The van der Waals surface area contributed by atoms with Crippen molar-refractivity contribution in [2.75, 3.05) is 14.2 Å². The second-order valence-electron chi connectivity index (χ2n) is 10.6. The third-order valence-electron chi connectivity index (χ3n) is 6.90. The quantitative estimate of drug-likeness (QED) is 0.154. The van der Waals surface area contributed by atoms with E-state index in [9.17, 15) is 14.7 Å². The molecule has 8 heteroatoms. The highest BCUT2D eigenvalue weighted by atomic mass is 32.1. The number of allylic oxidation sites excluding steroid dienone is 1. The number of hydrogen-bond donors (Lipinski definition) is 1. The minimum atomic E-state index is -0.869. The number of nitrogens with zero attached hydrogens (tertiary/aromatic N) is 1. The summed E-state index contributed by atoms with van der Waals surface area (Å²) in [5, 5.41) is 13.9. The number of hydrogen-bond acceptors (Lipinski definition) is 8. The zero-order valence-corrected chi connectivity index (χ0v) is 25.1. The fraction of sp³-hybridized carbons (Fsp3) is 0.690. The first-order chi connectivity index (χ1) is 17.2. The number of thiazole rings is 1. The van der Waals surface area contributed by atoms with Crippen LogP contribution in [0.3, 0.4) is 0 Å². The van der Waals surface area contributed by atoms with E-state index in [-0.39, 0.29) is 23.8 Å². The molecule has 1 aromatic rings. The van der Waals surface area contributed by atoms with Gasteiger partial charge in [-0.2, -0.15) is 0 Å². The molecule has 0 fully saturated rings. The summed E-state index contributed by atoms with van der Waals surface area (Å²) >= 11 is 1.59. The molecule has 0 aliphatic carbocycles. The molecule has 0 bridgehead atoms. The van der Waals surface area contributed by atoms with Crippen molar-refractivity contribution in [3.8, 4) is 0 Å². The Labute approximate surface area is 227 Å². The van der Waals surface area contributed by atoms with Crippen LogP contribution in [-0.4, -0.2) is 54.6 Å². The molecular formula is C29H47NO6S. The van der Waals surface area contributed by atoms with Crippen LogP contribution in [0, 0.1) is 24.2 Å². The van der Waals surface area contributed by atoms with Crippen molar-refractivity contribution in [1.82, 2.24) is 4.98 Å². The molecule has 0 saturated heterocycles. The minimum absolute atomic E-state index is 0.0355. The van der Waals surface area contributed by atoms with E-state index in [0.29, 0.717) is 6.42 Å². The van der Waals surface area contributed by atoms with Gasteiger partial charge in [-0.25, -0.2) is 4.98 Å². The number of Topliss-reactive ketones (excluding diaryl/α,β-unsaturated/α-hetero) is 1. The van der Waals surface area contributed by atoms with Gasteiger partial charge in [-0.05, 0) is 71.4 Å². The van der Waals surface area contributed by atoms with E-state index >= 15 is 0 Å². The SMILES string of the molecule is COC(OC)C(C)(C)C(=O)C(C)C(O)C(C)CCCC(C)=CCC(OC(C)=O)C(C)=Cc1csc(C)n1. The summed E-state index contributed by atoms with van der Waals surface area (Å²) in [6, 6.07) is 0. The van der Waals surface area contributed by atoms with E-state index in [2.05, 4.69) is 18.0 Å². The zero-order valence-electron chi connectivity index (χ0n) is 24.3. The average molecular weight is 538 g/mol. The molecule has 1 N–H and O–H groups in total. The minimum Gasteiger partial charge on any atom is -0.458 e. The summed E-state index contributed by atoms with van der Waals surface area (Å²) in [7, 11) is 3.02. The van der Waals surface area contributed by atoms with E-state index < -0.39 is 23.7 Å². The molecule has 7 nitrogen and oxygen atoms in total. The Balaban J connectivity index is 2.68. The maximum absolute atomic E-state index is 13.1. The van der Waals surface area contributed by atoms with Gasteiger partial charge in [-0.1, -0.05) is 25.5 Å². The summed E-state index contributed by atoms with van der Waals surface area (Å²) in [5.74, 6) is -0.957. The zero-order chi connectivity index (χ0) is 28.3. The summed E-state index contributed by atoms with van der Waals surface area (Å²) in [4.78, 5) is 29.2. The molecule has 1 heterocycles. The van der Waals surface area contributed by atoms with E-state index in [1.807, 2.05) is 32.2 Å². The van der Waals surface area contributed by atoms with E-state index in [4.69, 9.17) is 14.2 Å². The highest BCUT2D eigenvalue weighted by molar-refractivity contribution is 7.09. The molecule has 4 atom stereocenters. The van der Waals surface area contributed by atoms with Crippen LogP contribution < -0.4 is 0 Å². The van der Waals surface area contributed by atoms with Crippen LogP contribution in [0.25, 0.3) is 6.08 Å². The topological polar surface area (TPSA) is 95.0 Å². The molecule has 1 rings (SSSR count). The Bertz CT molecular complexity index is 931. The normalized spacial score (nSPS) is 16.4.